The van der Waals surface area contributed by atoms with E-state index < -0.39 is 0 Å². The maximum atomic E-state index is 12.8. The molecule has 1 aromatic carbocycles. The highest BCUT2D eigenvalue weighted by Gasteiger charge is 2.39. The zero-order chi connectivity index (χ0) is 19.7. The average Bonchev–Trinajstić information content (AvgIpc) is 3.08. The molecule has 2 saturated heterocycles. The van der Waals surface area contributed by atoms with Crippen LogP contribution in [0.1, 0.15) is 24.0 Å². The van der Waals surface area contributed by atoms with Crippen molar-refractivity contribution in [2.75, 3.05) is 33.8 Å². The van der Waals surface area contributed by atoms with E-state index in [0.717, 1.165) is 32.5 Å². The number of ether oxygens (including phenoxy) is 1. The van der Waals surface area contributed by atoms with Crippen LogP contribution in [-0.4, -0.2) is 79.6 Å². The van der Waals surface area contributed by atoms with Gasteiger partial charge in [-0.1, -0.05) is 24.3 Å². The van der Waals surface area contributed by atoms with Gasteiger partial charge in [0.25, 0.3) is 0 Å². The van der Waals surface area contributed by atoms with E-state index in [4.69, 9.17) is 4.74 Å². The van der Waals surface area contributed by atoms with Crippen molar-refractivity contribution in [1.29, 1.82) is 0 Å². The highest BCUT2D eigenvalue weighted by Crippen LogP contribution is 2.25. The van der Waals surface area contributed by atoms with Crippen LogP contribution < -0.4 is 10.6 Å². The van der Waals surface area contributed by atoms with Crippen LogP contribution in [0.15, 0.2) is 24.3 Å². The summed E-state index contributed by atoms with van der Waals surface area (Å²) in [6.07, 6.45) is 2.00. The van der Waals surface area contributed by atoms with E-state index in [1.165, 1.54) is 11.1 Å². The second-order valence-corrected chi connectivity index (χ2v) is 8.40. The summed E-state index contributed by atoms with van der Waals surface area (Å²) in [4.78, 5) is 28.7. The molecule has 4 atom stereocenters. The van der Waals surface area contributed by atoms with Gasteiger partial charge in [-0.25, -0.2) is 0 Å². The largest absolute Gasteiger partial charge is 0.375 e. The second kappa shape index (κ2) is 8.19. The number of hydrogen-bond acceptors (Lipinski definition) is 5. The first-order chi connectivity index (χ1) is 13.5. The van der Waals surface area contributed by atoms with E-state index in [9.17, 15) is 9.59 Å². The fraction of sp³-hybridized carbons (Fsp3) is 0.619. The van der Waals surface area contributed by atoms with Crippen molar-refractivity contribution in [3.63, 3.8) is 0 Å². The summed E-state index contributed by atoms with van der Waals surface area (Å²) in [5.41, 5.74) is 2.53. The Kier molecular flexibility index (Phi) is 5.66. The Morgan fingerprint density at radius 2 is 2.04 bits per heavy atom. The molecule has 0 aliphatic carbocycles. The van der Waals surface area contributed by atoms with Gasteiger partial charge in [0.15, 0.2) is 0 Å². The molecule has 0 radical (unpaired) electrons. The highest BCUT2D eigenvalue weighted by molar-refractivity contribution is 5.82. The molecule has 7 heteroatoms. The van der Waals surface area contributed by atoms with Crippen LogP contribution in [0.3, 0.4) is 0 Å². The third-order valence-electron chi connectivity index (χ3n) is 6.14. The lowest BCUT2D eigenvalue weighted by molar-refractivity contribution is -0.134. The summed E-state index contributed by atoms with van der Waals surface area (Å²) < 4.78 is 5.91. The number of morpholine rings is 1. The number of rotatable bonds is 4. The molecule has 2 N–H and O–H groups in total. The van der Waals surface area contributed by atoms with Crippen molar-refractivity contribution in [3.05, 3.63) is 35.4 Å². The minimum atomic E-state index is -0.172. The minimum absolute atomic E-state index is 0.0582. The summed E-state index contributed by atoms with van der Waals surface area (Å²) in [7, 11) is 3.54. The van der Waals surface area contributed by atoms with Gasteiger partial charge in [0.05, 0.1) is 25.2 Å². The molecule has 2 fully saturated rings. The normalized spacial score (nSPS) is 29.6. The molecule has 0 spiro atoms. The lowest BCUT2D eigenvalue weighted by atomic mass is 9.95. The zero-order valence-corrected chi connectivity index (χ0v) is 16.7. The van der Waals surface area contributed by atoms with Gasteiger partial charge in [-0.05, 0) is 24.0 Å². The summed E-state index contributed by atoms with van der Waals surface area (Å²) in [6, 6.07) is 8.60. The number of carbonyl (C=O) groups is 2. The highest BCUT2D eigenvalue weighted by atomic mass is 16.5. The minimum Gasteiger partial charge on any atom is -0.375 e. The third-order valence-corrected chi connectivity index (χ3v) is 6.14. The summed E-state index contributed by atoms with van der Waals surface area (Å²) >= 11 is 0. The van der Waals surface area contributed by atoms with Gasteiger partial charge in [0.1, 0.15) is 0 Å². The first-order valence-electron chi connectivity index (χ1n) is 10.2. The molecule has 3 aliphatic rings. The maximum absolute atomic E-state index is 12.8. The number of nitrogens with zero attached hydrogens (tertiary/aromatic N) is 2. The molecule has 2 amide bonds. The van der Waals surface area contributed by atoms with Crippen molar-refractivity contribution in [2.24, 2.45) is 0 Å². The molecule has 0 unspecified atom stereocenters. The Bertz CT molecular complexity index is 738. The standard InChI is InChI=1S/C21H30N4O3/c1-24(2)20(26)9-18-12-25-11-16(8-17(25)13-28-18)23-21(27)19-7-14-5-3-4-6-15(14)10-22-19/h3-6,16-19,22H,7-13H2,1-2H3,(H,23,27)/t16-,17+,18+,19-/m1/s1. The smallest absolute Gasteiger partial charge is 0.237 e. The number of hydrogen-bond donors (Lipinski definition) is 2. The SMILES string of the molecule is CN(C)C(=O)C[C@H]1CN2C[C@H](NC(=O)[C@H]3Cc4ccccc4CN3)C[C@H]2CO1. The van der Waals surface area contributed by atoms with Crippen molar-refractivity contribution in [2.45, 2.75) is 50.0 Å². The number of benzene rings is 1. The van der Waals surface area contributed by atoms with Crippen LogP contribution in [0, 0.1) is 0 Å². The van der Waals surface area contributed by atoms with Gasteiger partial charge < -0.3 is 20.3 Å². The van der Waals surface area contributed by atoms with Gasteiger partial charge in [-0.3, -0.25) is 14.5 Å². The van der Waals surface area contributed by atoms with Gasteiger partial charge in [0, 0.05) is 45.8 Å². The van der Waals surface area contributed by atoms with Crippen LogP contribution >= 0.6 is 0 Å². The first-order valence-corrected chi connectivity index (χ1v) is 10.2. The molecule has 28 heavy (non-hydrogen) atoms. The summed E-state index contributed by atoms with van der Waals surface area (Å²) in [5.74, 6) is 0.177. The zero-order valence-electron chi connectivity index (χ0n) is 16.7. The van der Waals surface area contributed by atoms with E-state index in [2.05, 4.69) is 27.7 Å². The van der Waals surface area contributed by atoms with Crippen LogP contribution in [0.25, 0.3) is 0 Å². The molecule has 7 nitrogen and oxygen atoms in total. The molecule has 0 aromatic heterocycles. The van der Waals surface area contributed by atoms with Gasteiger partial charge in [0.2, 0.25) is 11.8 Å². The van der Waals surface area contributed by atoms with Crippen LogP contribution in [-0.2, 0) is 27.3 Å². The summed E-state index contributed by atoms with van der Waals surface area (Å²) in [5, 5.41) is 6.59. The third kappa shape index (κ3) is 4.21. The number of amides is 2. The van der Waals surface area contributed by atoms with E-state index in [1.54, 1.807) is 19.0 Å². The monoisotopic (exact) mass is 386 g/mol. The molecule has 1 aromatic rings. The first kappa shape index (κ1) is 19.4. The van der Waals surface area contributed by atoms with Crippen molar-refractivity contribution >= 4 is 11.8 Å². The average molecular weight is 386 g/mol. The van der Waals surface area contributed by atoms with Crippen molar-refractivity contribution < 1.29 is 14.3 Å². The van der Waals surface area contributed by atoms with Crippen molar-refractivity contribution in [1.82, 2.24) is 20.4 Å². The Hall–Kier alpha value is -1.96. The van der Waals surface area contributed by atoms with Crippen LogP contribution in [0.4, 0.5) is 0 Å². The molecule has 3 heterocycles. The van der Waals surface area contributed by atoms with Gasteiger partial charge in [-0.15, -0.1) is 0 Å². The Labute approximate surface area is 166 Å². The van der Waals surface area contributed by atoms with Gasteiger partial charge in [-0.2, -0.15) is 0 Å². The predicted octanol–water partition coefficient (Wildman–Crippen LogP) is 0.137. The Balaban J connectivity index is 1.28. The van der Waals surface area contributed by atoms with Gasteiger partial charge >= 0.3 is 0 Å². The quantitative estimate of drug-likeness (QED) is 0.770. The molecule has 0 saturated carbocycles. The summed E-state index contributed by atoms with van der Waals surface area (Å²) in [6.45, 7) is 2.96. The molecule has 3 aliphatic heterocycles. The van der Waals surface area contributed by atoms with E-state index >= 15 is 0 Å². The molecular formula is C21H30N4O3. The fourth-order valence-corrected chi connectivity index (χ4v) is 4.49. The predicted molar refractivity (Wildman–Crippen MR) is 106 cm³/mol. The lowest BCUT2D eigenvalue weighted by Gasteiger charge is -2.35. The lowest BCUT2D eigenvalue weighted by Crippen LogP contribution is -2.51. The fourth-order valence-electron chi connectivity index (χ4n) is 4.49. The molecule has 152 valence electrons. The Morgan fingerprint density at radius 1 is 1.25 bits per heavy atom. The number of fused-ring (bicyclic) bond motifs is 2. The molecule has 4 rings (SSSR count). The molecular weight excluding hydrogens is 356 g/mol. The van der Waals surface area contributed by atoms with Crippen LogP contribution in [0.2, 0.25) is 0 Å². The second-order valence-electron chi connectivity index (χ2n) is 8.40. The topological polar surface area (TPSA) is 73.9 Å². The molecule has 0 bridgehead atoms. The van der Waals surface area contributed by atoms with Crippen LogP contribution in [0.5, 0.6) is 0 Å². The Morgan fingerprint density at radius 3 is 2.82 bits per heavy atom. The van der Waals surface area contributed by atoms with E-state index in [-0.39, 0.29) is 30.0 Å². The number of nitrogens with one attached hydrogen (secondary N) is 2. The van der Waals surface area contributed by atoms with E-state index in [1.807, 2.05) is 12.1 Å². The van der Waals surface area contributed by atoms with Crippen molar-refractivity contribution in [3.8, 4) is 0 Å². The maximum Gasteiger partial charge on any atom is 0.237 e. The van der Waals surface area contributed by atoms with E-state index in [0.29, 0.717) is 19.1 Å². The number of carbonyl (C=O) groups excluding carboxylic acids is 2.